The van der Waals surface area contributed by atoms with E-state index in [1.165, 1.54) is 21.9 Å². The molecule has 1 aliphatic heterocycles. The number of amides is 4. The summed E-state index contributed by atoms with van der Waals surface area (Å²) in [6.45, 7) is 7.81. The van der Waals surface area contributed by atoms with Crippen LogP contribution in [0.3, 0.4) is 0 Å². The largest absolute Gasteiger partial charge is 0.373 e. The summed E-state index contributed by atoms with van der Waals surface area (Å²) in [6, 6.07) is 5.17. The molecule has 4 amide bonds. The third-order valence-corrected chi connectivity index (χ3v) is 5.74. The fourth-order valence-corrected chi connectivity index (χ4v) is 3.76. The molecule has 0 radical (unpaired) electrons. The number of rotatable bonds is 4. The molecule has 3 heterocycles. The Hall–Kier alpha value is -4.24. The first-order chi connectivity index (χ1) is 18.5. The van der Waals surface area contributed by atoms with Gasteiger partial charge in [-0.15, -0.1) is 0 Å². The summed E-state index contributed by atoms with van der Waals surface area (Å²) in [4.78, 5) is 33.1. The predicted octanol–water partition coefficient (Wildman–Crippen LogP) is 4.58. The molecular formula is C25H32FN7O6S. The van der Waals surface area contributed by atoms with Crippen molar-refractivity contribution in [1.82, 2.24) is 10.1 Å². The number of anilines is 5. The van der Waals surface area contributed by atoms with Gasteiger partial charge < -0.3 is 15.2 Å². The van der Waals surface area contributed by atoms with Crippen LogP contribution in [-0.2, 0) is 22.1 Å². The Morgan fingerprint density at radius 1 is 1.12 bits per heavy atom. The highest BCUT2D eigenvalue weighted by molar-refractivity contribution is 7.85. The van der Waals surface area contributed by atoms with E-state index in [0.717, 1.165) is 11.3 Å². The van der Waals surface area contributed by atoms with Gasteiger partial charge in [-0.2, -0.15) is 8.42 Å². The Morgan fingerprint density at radius 3 is 2.35 bits per heavy atom. The van der Waals surface area contributed by atoms with E-state index in [9.17, 15) is 22.4 Å². The van der Waals surface area contributed by atoms with Gasteiger partial charge in [0.2, 0.25) is 0 Å². The number of carbonyl (C=O) groups is 2. The van der Waals surface area contributed by atoms with Crippen molar-refractivity contribution in [2.75, 3.05) is 46.1 Å². The average molecular weight is 578 g/mol. The Bertz CT molecular complexity index is 1530. The third kappa shape index (κ3) is 7.45. The van der Waals surface area contributed by atoms with E-state index in [1.54, 1.807) is 39.3 Å². The predicted molar refractivity (Wildman–Crippen MR) is 150 cm³/mol. The van der Waals surface area contributed by atoms with Gasteiger partial charge in [-0.25, -0.2) is 19.0 Å². The highest BCUT2D eigenvalue weighted by Gasteiger charge is 2.31. The summed E-state index contributed by atoms with van der Waals surface area (Å²) < 4.78 is 45.9. The van der Waals surface area contributed by atoms with Gasteiger partial charge in [0, 0.05) is 43.4 Å². The number of aromatic nitrogens is 2. The first-order valence-electron chi connectivity index (χ1n) is 12.0. The van der Waals surface area contributed by atoms with Crippen LogP contribution in [0.4, 0.5) is 42.7 Å². The molecular weight excluding hydrogens is 545 g/mol. The molecule has 0 saturated carbocycles. The summed E-state index contributed by atoms with van der Waals surface area (Å²) in [6.07, 6.45) is 2.42. The Morgan fingerprint density at radius 2 is 1.77 bits per heavy atom. The summed E-state index contributed by atoms with van der Waals surface area (Å²) in [7, 11) is -0.244. The summed E-state index contributed by atoms with van der Waals surface area (Å²) in [5, 5.41) is 11.8. The molecule has 2 aromatic heterocycles. The molecule has 0 aliphatic carbocycles. The normalized spacial score (nSPS) is 13.3. The molecule has 0 spiro atoms. The number of benzene rings is 1. The summed E-state index contributed by atoms with van der Waals surface area (Å²) in [5.74, 6) is 0.823. The lowest BCUT2D eigenvalue weighted by molar-refractivity contribution is 0.251. The molecule has 0 unspecified atom stereocenters. The van der Waals surface area contributed by atoms with E-state index < -0.39 is 22.0 Å². The fraction of sp³-hybridized carbons (Fsp3) is 0.360. The second kappa shape index (κ2) is 11.5. The number of pyridine rings is 1. The van der Waals surface area contributed by atoms with Crippen molar-refractivity contribution in [1.29, 1.82) is 0 Å². The number of nitrogens with one attached hydrogen (secondary N) is 3. The van der Waals surface area contributed by atoms with Crippen molar-refractivity contribution >= 4 is 50.9 Å². The Labute approximate surface area is 231 Å². The molecule has 4 rings (SSSR count). The monoisotopic (exact) mass is 577 g/mol. The summed E-state index contributed by atoms with van der Waals surface area (Å²) >= 11 is 0. The zero-order valence-electron chi connectivity index (χ0n) is 23.2. The highest BCUT2D eigenvalue weighted by atomic mass is 32.2. The molecule has 13 nitrogen and oxygen atoms in total. The zero-order valence-corrected chi connectivity index (χ0v) is 24.0. The quantitative estimate of drug-likeness (QED) is 0.324. The van der Waals surface area contributed by atoms with Crippen LogP contribution < -0.4 is 25.8 Å². The minimum absolute atomic E-state index is 0.0763. The van der Waals surface area contributed by atoms with Crippen molar-refractivity contribution < 1.29 is 31.5 Å². The van der Waals surface area contributed by atoms with Crippen molar-refractivity contribution in [2.45, 2.75) is 39.7 Å². The number of hydrogen-bond acceptors (Lipinski definition) is 8. The number of hydrogen-bond donors (Lipinski definition) is 4. The van der Waals surface area contributed by atoms with Gasteiger partial charge in [-0.05, 0) is 24.6 Å². The molecule has 15 heteroatoms. The van der Waals surface area contributed by atoms with Gasteiger partial charge in [-0.3, -0.25) is 19.7 Å². The van der Waals surface area contributed by atoms with E-state index in [0.29, 0.717) is 29.1 Å². The average Bonchev–Trinajstić information content (AvgIpc) is 3.31. The Balaban J connectivity index is 0.000000810. The topological polar surface area (TPSA) is 170 Å². The van der Waals surface area contributed by atoms with E-state index in [4.69, 9.17) is 9.08 Å². The van der Waals surface area contributed by atoms with Crippen LogP contribution in [0.1, 0.15) is 37.7 Å². The molecule has 216 valence electrons. The number of urea groups is 2. The maximum absolute atomic E-state index is 14.7. The molecule has 4 N–H and O–H groups in total. The van der Waals surface area contributed by atoms with Crippen LogP contribution in [0.5, 0.6) is 0 Å². The molecule has 0 fully saturated rings. The molecule has 0 atom stereocenters. The molecule has 1 aromatic carbocycles. The van der Waals surface area contributed by atoms with Crippen molar-refractivity contribution in [3.8, 4) is 0 Å². The van der Waals surface area contributed by atoms with Crippen LogP contribution in [0, 0.1) is 12.7 Å². The van der Waals surface area contributed by atoms with Gasteiger partial charge in [0.15, 0.2) is 5.82 Å². The number of nitrogens with zero attached hydrogens (tertiary/aromatic N) is 4. The lowest BCUT2D eigenvalue weighted by Gasteiger charge is -2.35. The number of carbonyl (C=O) groups excluding carboxylic acids is 2. The lowest BCUT2D eigenvalue weighted by Crippen LogP contribution is -2.45. The maximum atomic E-state index is 14.7. The molecule has 40 heavy (non-hydrogen) atoms. The van der Waals surface area contributed by atoms with E-state index >= 15 is 0 Å². The van der Waals surface area contributed by atoms with Crippen LogP contribution in [-0.4, -0.2) is 55.5 Å². The van der Waals surface area contributed by atoms with E-state index in [1.807, 2.05) is 20.8 Å². The second-order valence-electron chi connectivity index (χ2n) is 10.1. The minimum atomic E-state index is -3.67. The zero-order chi connectivity index (χ0) is 30.0. The van der Waals surface area contributed by atoms with Gasteiger partial charge in [0.1, 0.15) is 17.4 Å². The summed E-state index contributed by atoms with van der Waals surface area (Å²) in [5.41, 5.74) is 2.24. The first kappa shape index (κ1) is 30.3. The van der Waals surface area contributed by atoms with Gasteiger partial charge in [-0.1, -0.05) is 25.9 Å². The SMILES string of the molecule is CNc1cc2c(cn1)CN(c1cc(NC(=O)Nc3cc(C(C)(C)C)on3)c(F)cc1C)C(=O)N2C.CS(=O)(=O)O. The number of aryl methyl sites for hydroxylation is 1. The van der Waals surface area contributed by atoms with Gasteiger partial charge >= 0.3 is 12.1 Å². The van der Waals surface area contributed by atoms with Gasteiger partial charge in [0.25, 0.3) is 10.1 Å². The van der Waals surface area contributed by atoms with Crippen LogP contribution in [0.15, 0.2) is 35.0 Å². The second-order valence-corrected chi connectivity index (χ2v) is 11.6. The van der Waals surface area contributed by atoms with Crippen LogP contribution >= 0.6 is 0 Å². The van der Waals surface area contributed by atoms with Crippen molar-refractivity contribution in [3.05, 3.63) is 53.2 Å². The molecule has 3 aromatic rings. The first-order valence-corrected chi connectivity index (χ1v) is 13.8. The van der Waals surface area contributed by atoms with E-state index in [2.05, 4.69) is 26.1 Å². The third-order valence-electron chi connectivity index (χ3n) is 5.74. The van der Waals surface area contributed by atoms with E-state index in [-0.39, 0.29) is 29.5 Å². The molecule has 0 saturated heterocycles. The smallest absolute Gasteiger partial charge is 0.329 e. The maximum Gasteiger partial charge on any atom is 0.329 e. The highest BCUT2D eigenvalue weighted by Crippen LogP contribution is 2.35. The van der Waals surface area contributed by atoms with Crippen molar-refractivity contribution in [3.63, 3.8) is 0 Å². The fourth-order valence-electron chi connectivity index (χ4n) is 3.76. The number of fused-ring (bicyclic) bond motifs is 1. The van der Waals surface area contributed by atoms with Crippen LogP contribution in [0.25, 0.3) is 0 Å². The molecule has 1 aliphatic rings. The Kier molecular flexibility index (Phi) is 8.69. The minimum Gasteiger partial charge on any atom is -0.373 e. The van der Waals surface area contributed by atoms with Crippen molar-refractivity contribution in [2.24, 2.45) is 0 Å². The lowest BCUT2D eigenvalue weighted by atomic mass is 9.93. The molecule has 0 bridgehead atoms. The van der Waals surface area contributed by atoms with Gasteiger partial charge in [0.05, 0.1) is 29.9 Å². The van der Waals surface area contributed by atoms with Crippen LogP contribution in [0.2, 0.25) is 0 Å². The number of halogens is 1. The standard InChI is InChI=1S/C24H28FN7O3.CH4O3S/c1-13-7-15(25)16(28-22(33)29-21-10-19(35-30-21)24(2,3)4)8-17(13)32-12-14-11-27-20(26-5)9-18(14)31(6)23(32)34;1-5(2,3)4/h7-11H,12H2,1-6H3,(H,26,27)(H2,28,29,30,33);1H3,(H,2,3,4).